The van der Waals surface area contributed by atoms with Crippen LogP contribution in [-0.2, 0) is 14.3 Å². The standard InChI is InChI=1S/C15H27NO4/c1-12(13-4-5-13)16(7-9-19-2)10-15(14(17)18)6-3-8-20-11-15/h12-13H,3-11H2,1-2H3,(H,17,18). The monoisotopic (exact) mass is 285 g/mol. The van der Waals surface area contributed by atoms with Crippen LogP contribution in [0, 0.1) is 11.3 Å². The number of aliphatic carboxylic acids is 1. The van der Waals surface area contributed by atoms with Gasteiger partial charge in [0.25, 0.3) is 0 Å². The molecule has 2 rings (SSSR count). The molecule has 20 heavy (non-hydrogen) atoms. The molecule has 0 aromatic heterocycles. The molecule has 0 bridgehead atoms. The van der Waals surface area contributed by atoms with E-state index in [0.29, 0.717) is 38.8 Å². The first-order valence-corrected chi connectivity index (χ1v) is 7.63. The van der Waals surface area contributed by atoms with Gasteiger partial charge >= 0.3 is 5.97 Å². The molecular formula is C15H27NO4. The first kappa shape index (κ1) is 15.7. The molecule has 1 saturated heterocycles. The number of hydrogen-bond donors (Lipinski definition) is 1. The van der Waals surface area contributed by atoms with Crippen LogP contribution >= 0.6 is 0 Å². The van der Waals surface area contributed by atoms with E-state index >= 15 is 0 Å². The van der Waals surface area contributed by atoms with Gasteiger partial charge in [0.1, 0.15) is 5.41 Å². The summed E-state index contributed by atoms with van der Waals surface area (Å²) in [5, 5.41) is 9.66. The van der Waals surface area contributed by atoms with E-state index in [1.165, 1.54) is 12.8 Å². The van der Waals surface area contributed by atoms with Crippen LogP contribution in [0.4, 0.5) is 0 Å². The zero-order valence-corrected chi connectivity index (χ0v) is 12.6. The Kier molecular flexibility index (Phi) is 5.41. The largest absolute Gasteiger partial charge is 0.481 e. The molecule has 0 amide bonds. The minimum Gasteiger partial charge on any atom is -0.481 e. The first-order chi connectivity index (χ1) is 9.59. The Morgan fingerprint density at radius 2 is 2.30 bits per heavy atom. The Morgan fingerprint density at radius 3 is 2.80 bits per heavy atom. The second-order valence-corrected chi connectivity index (χ2v) is 6.28. The molecule has 1 aliphatic carbocycles. The third-order valence-electron chi connectivity index (χ3n) is 4.74. The fraction of sp³-hybridized carbons (Fsp3) is 0.933. The van der Waals surface area contributed by atoms with Gasteiger partial charge in [-0.2, -0.15) is 0 Å². The topological polar surface area (TPSA) is 59.0 Å². The molecule has 1 N–H and O–H groups in total. The van der Waals surface area contributed by atoms with E-state index in [1.807, 2.05) is 0 Å². The first-order valence-electron chi connectivity index (χ1n) is 7.63. The normalized spacial score (nSPS) is 28.6. The molecule has 1 aliphatic heterocycles. The molecule has 5 heteroatoms. The highest BCUT2D eigenvalue weighted by Gasteiger charge is 2.44. The summed E-state index contributed by atoms with van der Waals surface area (Å²) in [6.07, 6.45) is 4.08. The molecule has 2 aliphatic rings. The molecule has 0 aromatic rings. The van der Waals surface area contributed by atoms with Crippen LogP contribution in [0.2, 0.25) is 0 Å². The fourth-order valence-corrected chi connectivity index (χ4v) is 3.11. The minimum atomic E-state index is -0.741. The Balaban J connectivity index is 2.04. The van der Waals surface area contributed by atoms with E-state index in [2.05, 4.69) is 11.8 Å². The molecule has 0 spiro atoms. The van der Waals surface area contributed by atoms with Crippen LogP contribution in [-0.4, -0.2) is 62.0 Å². The van der Waals surface area contributed by atoms with Gasteiger partial charge in [-0.05, 0) is 38.5 Å². The summed E-state index contributed by atoms with van der Waals surface area (Å²) in [6, 6.07) is 0.434. The second kappa shape index (κ2) is 6.87. The molecule has 116 valence electrons. The highest BCUT2D eigenvalue weighted by Crippen LogP contribution is 2.37. The van der Waals surface area contributed by atoms with Crippen molar-refractivity contribution in [1.29, 1.82) is 0 Å². The SMILES string of the molecule is COCCN(CC1(C(=O)O)CCCOC1)C(C)C1CC1. The van der Waals surface area contributed by atoms with E-state index in [1.54, 1.807) is 7.11 Å². The Bertz CT molecular complexity index is 324. The Morgan fingerprint density at radius 1 is 1.55 bits per heavy atom. The van der Waals surface area contributed by atoms with Crippen molar-refractivity contribution in [3.8, 4) is 0 Å². The molecule has 0 aromatic carbocycles. The molecule has 2 fully saturated rings. The summed E-state index contributed by atoms with van der Waals surface area (Å²) in [7, 11) is 1.69. The van der Waals surface area contributed by atoms with E-state index < -0.39 is 11.4 Å². The fourth-order valence-electron chi connectivity index (χ4n) is 3.11. The average molecular weight is 285 g/mol. The number of carboxylic acid groups (broad SMARTS) is 1. The lowest BCUT2D eigenvalue weighted by Crippen LogP contribution is -2.51. The zero-order chi connectivity index (χ0) is 14.6. The predicted octanol–water partition coefficient (Wildman–Crippen LogP) is 1.61. The molecule has 0 radical (unpaired) electrons. The van der Waals surface area contributed by atoms with Crippen molar-refractivity contribution in [1.82, 2.24) is 4.90 Å². The molecule has 5 nitrogen and oxygen atoms in total. The van der Waals surface area contributed by atoms with Crippen molar-refractivity contribution in [2.75, 3.05) is 40.0 Å². The maximum Gasteiger partial charge on any atom is 0.313 e. The molecule has 2 atom stereocenters. The van der Waals surface area contributed by atoms with E-state index in [4.69, 9.17) is 9.47 Å². The van der Waals surface area contributed by atoms with Crippen LogP contribution in [0.1, 0.15) is 32.6 Å². The van der Waals surface area contributed by atoms with Gasteiger partial charge in [0, 0.05) is 32.8 Å². The quantitative estimate of drug-likeness (QED) is 0.734. The molecule has 1 saturated carbocycles. The summed E-state index contributed by atoms with van der Waals surface area (Å²) in [6.45, 7) is 5.25. The third-order valence-corrected chi connectivity index (χ3v) is 4.74. The number of nitrogens with zero attached hydrogens (tertiary/aromatic N) is 1. The number of rotatable bonds is 8. The van der Waals surface area contributed by atoms with Crippen molar-refractivity contribution in [3.63, 3.8) is 0 Å². The Labute approximate surface area is 121 Å². The van der Waals surface area contributed by atoms with Gasteiger partial charge < -0.3 is 14.6 Å². The van der Waals surface area contributed by atoms with Crippen molar-refractivity contribution in [2.45, 2.75) is 38.6 Å². The zero-order valence-electron chi connectivity index (χ0n) is 12.6. The summed E-state index contributed by atoms with van der Waals surface area (Å²) in [5.74, 6) is 0.00447. The highest BCUT2D eigenvalue weighted by atomic mass is 16.5. The third kappa shape index (κ3) is 3.71. The van der Waals surface area contributed by atoms with Crippen molar-refractivity contribution < 1.29 is 19.4 Å². The summed E-state index contributed by atoms with van der Waals surface area (Å²) >= 11 is 0. The lowest BCUT2D eigenvalue weighted by Gasteiger charge is -2.40. The average Bonchev–Trinajstić information content (AvgIpc) is 3.28. The van der Waals surface area contributed by atoms with Crippen molar-refractivity contribution in [2.24, 2.45) is 11.3 Å². The van der Waals surface area contributed by atoms with Crippen molar-refractivity contribution in [3.05, 3.63) is 0 Å². The number of carbonyl (C=O) groups is 1. The maximum absolute atomic E-state index is 11.8. The highest BCUT2D eigenvalue weighted by molar-refractivity contribution is 5.75. The lowest BCUT2D eigenvalue weighted by atomic mass is 9.81. The Hall–Kier alpha value is -0.650. The molecule has 1 heterocycles. The smallest absolute Gasteiger partial charge is 0.313 e. The number of carboxylic acids is 1. The molecular weight excluding hydrogens is 258 g/mol. The van der Waals surface area contributed by atoms with Crippen LogP contribution in [0.5, 0.6) is 0 Å². The van der Waals surface area contributed by atoms with Gasteiger partial charge in [-0.15, -0.1) is 0 Å². The van der Waals surface area contributed by atoms with E-state index in [0.717, 1.165) is 18.9 Å². The van der Waals surface area contributed by atoms with Gasteiger partial charge in [-0.25, -0.2) is 0 Å². The van der Waals surface area contributed by atoms with Gasteiger partial charge in [0.15, 0.2) is 0 Å². The van der Waals surface area contributed by atoms with Gasteiger partial charge in [-0.3, -0.25) is 9.69 Å². The predicted molar refractivity (Wildman–Crippen MR) is 75.8 cm³/mol. The van der Waals surface area contributed by atoms with Crippen LogP contribution in [0.15, 0.2) is 0 Å². The summed E-state index contributed by atoms with van der Waals surface area (Å²) in [5.41, 5.74) is -0.741. The number of ether oxygens (including phenoxy) is 2. The second-order valence-electron chi connectivity index (χ2n) is 6.28. The van der Waals surface area contributed by atoms with E-state index in [9.17, 15) is 9.90 Å². The molecule has 2 unspecified atom stereocenters. The lowest BCUT2D eigenvalue weighted by molar-refractivity contribution is -0.160. The van der Waals surface area contributed by atoms with Crippen LogP contribution in [0.3, 0.4) is 0 Å². The van der Waals surface area contributed by atoms with Crippen molar-refractivity contribution >= 4 is 5.97 Å². The van der Waals surface area contributed by atoms with Crippen LogP contribution in [0.25, 0.3) is 0 Å². The van der Waals surface area contributed by atoms with Gasteiger partial charge in [0.05, 0.1) is 13.2 Å². The maximum atomic E-state index is 11.8. The van der Waals surface area contributed by atoms with E-state index in [-0.39, 0.29) is 0 Å². The van der Waals surface area contributed by atoms with Gasteiger partial charge in [0.2, 0.25) is 0 Å². The number of methoxy groups -OCH3 is 1. The van der Waals surface area contributed by atoms with Gasteiger partial charge in [-0.1, -0.05) is 0 Å². The number of hydrogen-bond acceptors (Lipinski definition) is 4. The van der Waals surface area contributed by atoms with Crippen LogP contribution < -0.4 is 0 Å². The summed E-state index contributed by atoms with van der Waals surface area (Å²) < 4.78 is 10.7. The summed E-state index contributed by atoms with van der Waals surface area (Å²) in [4.78, 5) is 14.1. The minimum absolute atomic E-state index is 0.337.